The second kappa shape index (κ2) is 11.5. The Morgan fingerprint density at radius 3 is 2.64 bits per heavy atom. The van der Waals surface area contributed by atoms with Crippen molar-refractivity contribution in [1.82, 2.24) is 9.71 Å². The summed E-state index contributed by atoms with van der Waals surface area (Å²) in [5.41, 5.74) is 1.00. The second-order valence-electron chi connectivity index (χ2n) is 7.42. The molecule has 174 valence electrons. The standard InChI is InChI=1S/C24H26N2O6S/c1-16(27)24(19-7-3-4-8-21(19)32-14-6-5-9-23(29)31-2)26-33(30)18-11-12-20-17(15-18)10-13-22(28)25-20/h3-4,7-8,10-13,15,24,26H,5-6,9,14H2,1-2H3,(H,25,28). The summed E-state index contributed by atoms with van der Waals surface area (Å²) in [5.74, 6) is 0.0327. The molecule has 2 unspecified atom stereocenters. The first-order valence-corrected chi connectivity index (χ1v) is 11.6. The average Bonchev–Trinajstić information content (AvgIpc) is 2.81. The molecular weight excluding hydrogens is 444 g/mol. The highest BCUT2D eigenvalue weighted by atomic mass is 32.2. The van der Waals surface area contributed by atoms with Crippen LogP contribution in [-0.2, 0) is 25.3 Å². The number of rotatable bonds is 11. The largest absolute Gasteiger partial charge is 0.493 e. The van der Waals surface area contributed by atoms with Crippen LogP contribution >= 0.6 is 0 Å². The fourth-order valence-corrected chi connectivity index (χ4v) is 4.36. The van der Waals surface area contributed by atoms with Crippen LogP contribution in [0.4, 0.5) is 0 Å². The zero-order valence-electron chi connectivity index (χ0n) is 18.5. The van der Waals surface area contributed by atoms with Crippen LogP contribution in [0.1, 0.15) is 37.8 Å². The molecule has 0 saturated carbocycles. The van der Waals surface area contributed by atoms with Crippen LogP contribution in [0.3, 0.4) is 0 Å². The van der Waals surface area contributed by atoms with Gasteiger partial charge in [-0.2, -0.15) is 0 Å². The lowest BCUT2D eigenvalue weighted by atomic mass is 10.0. The lowest BCUT2D eigenvalue weighted by Gasteiger charge is -2.19. The number of ketones is 1. The third kappa shape index (κ3) is 6.59. The highest BCUT2D eigenvalue weighted by Crippen LogP contribution is 2.27. The van der Waals surface area contributed by atoms with Gasteiger partial charge in [0.1, 0.15) is 22.8 Å². The fourth-order valence-electron chi connectivity index (χ4n) is 3.29. The molecule has 3 aromatic rings. The van der Waals surface area contributed by atoms with Crippen LogP contribution in [0.2, 0.25) is 0 Å². The topological polar surface area (TPSA) is 115 Å². The van der Waals surface area contributed by atoms with Gasteiger partial charge in [-0.05, 0) is 55.5 Å². The number of Topliss-reactive ketones (excluding diaryl/α,β-unsaturated/α-hetero) is 1. The van der Waals surface area contributed by atoms with E-state index < -0.39 is 17.0 Å². The number of para-hydroxylation sites is 1. The van der Waals surface area contributed by atoms with Gasteiger partial charge < -0.3 is 14.5 Å². The molecule has 2 N–H and O–H groups in total. The molecule has 0 aliphatic heterocycles. The molecule has 8 nitrogen and oxygen atoms in total. The summed E-state index contributed by atoms with van der Waals surface area (Å²) in [5, 5.41) is 0.734. The zero-order chi connectivity index (χ0) is 23.8. The van der Waals surface area contributed by atoms with E-state index in [0.29, 0.717) is 47.6 Å². The molecule has 0 aliphatic rings. The number of ether oxygens (including phenoxy) is 2. The minimum absolute atomic E-state index is 0.213. The van der Waals surface area contributed by atoms with Crippen LogP contribution in [0, 0.1) is 0 Å². The number of pyridine rings is 1. The quantitative estimate of drug-likeness (QED) is 0.329. The number of hydrogen-bond acceptors (Lipinski definition) is 6. The molecule has 2 aromatic carbocycles. The van der Waals surface area contributed by atoms with Crippen molar-refractivity contribution in [3.05, 3.63) is 70.5 Å². The molecular formula is C24H26N2O6S. The fraction of sp³-hybridized carbons (Fsp3) is 0.292. The van der Waals surface area contributed by atoms with Gasteiger partial charge in [-0.3, -0.25) is 14.4 Å². The summed E-state index contributed by atoms with van der Waals surface area (Å²) in [7, 11) is -0.335. The van der Waals surface area contributed by atoms with Gasteiger partial charge in [0.25, 0.3) is 0 Å². The predicted octanol–water partition coefficient (Wildman–Crippen LogP) is 3.19. The number of unbranched alkanes of at least 4 members (excludes halogenated alkanes) is 1. The number of methoxy groups -OCH3 is 1. The zero-order valence-corrected chi connectivity index (χ0v) is 19.3. The Balaban J connectivity index is 1.73. The summed E-state index contributed by atoms with van der Waals surface area (Å²) in [6.45, 7) is 1.79. The summed E-state index contributed by atoms with van der Waals surface area (Å²) >= 11 is 0. The van der Waals surface area contributed by atoms with E-state index in [1.165, 1.54) is 20.1 Å². The molecule has 33 heavy (non-hydrogen) atoms. The minimum atomic E-state index is -1.69. The summed E-state index contributed by atoms with van der Waals surface area (Å²) < 4.78 is 26.4. The van der Waals surface area contributed by atoms with Crippen molar-refractivity contribution in [2.75, 3.05) is 13.7 Å². The first-order chi connectivity index (χ1) is 15.9. The number of fused-ring (bicyclic) bond motifs is 1. The number of nitrogens with one attached hydrogen (secondary N) is 2. The van der Waals surface area contributed by atoms with E-state index in [2.05, 4.69) is 14.4 Å². The van der Waals surface area contributed by atoms with Crippen LogP contribution in [-0.4, -0.2) is 34.7 Å². The molecule has 0 radical (unpaired) electrons. The van der Waals surface area contributed by atoms with E-state index in [1.54, 1.807) is 48.5 Å². The molecule has 0 amide bonds. The van der Waals surface area contributed by atoms with E-state index in [1.807, 2.05) is 0 Å². The van der Waals surface area contributed by atoms with Crippen LogP contribution in [0.5, 0.6) is 5.75 Å². The Morgan fingerprint density at radius 1 is 1.09 bits per heavy atom. The number of carbonyl (C=O) groups excluding carboxylic acids is 2. The average molecular weight is 471 g/mol. The molecule has 0 saturated heterocycles. The first-order valence-electron chi connectivity index (χ1n) is 10.5. The van der Waals surface area contributed by atoms with Crippen molar-refractivity contribution < 1.29 is 23.3 Å². The Bertz CT molecular complexity index is 1220. The van der Waals surface area contributed by atoms with Crippen LogP contribution in [0.25, 0.3) is 10.9 Å². The lowest BCUT2D eigenvalue weighted by molar-refractivity contribution is -0.140. The van der Waals surface area contributed by atoms with E-state index in [9.17, 15) is 18.6 Å². The van der Waals surface area contributed by atoms with Gasteiger partial charge >= 0.3 is 5.97 Å². The molecule has 1 heterocycles. The highest BCUT2D eigenvalue weighted by Gasteiger charge is 2.23. The highest BCUT2D eigenvalue weighted by molar-refractivity contribution is 7.83. The maximum absolute atomic E-state index is 13.0. The first kappa shape index (κ1) is 24.3. The van der Waals surface area contributed by atoms with Gasteiger partial charge in [-0.15, -0.1) is 0 Å². The van der Waals surface area contributed by atoms with Gasteiger partial charge in [-0.25, -0.2) is 8.93 Å². The summed E-state index contributed by atoms with van der Waals surface area (Å²) in [6.07, 6.45) is 1.59. The van der Waals surface area contributed by atoms with Gasteiger partial charge in [0, 0.05) is 23.6 Å². The third-order valence-corrected chi connectivity index (χ3v) is 6.16. The summed E-state index contributed by atoms with van der Waals surface area (Å²) in [6, 6.07) is 14.3. The molecule has 3 rings (SSSR count). The summed E-state index contributed by atoms with van der Waals surface area (Å²) in [4.78, 5) is 38.3. The van der Waals surface area contributed by atoms with Crippen molar-refractivity contribution in [2.24, 2.45) is 0 Å². The van der Waals surface area contributed by atoms with E-state index in [-0.39, 0.29) is 17.3 Å². The molecule has 0 aliphatic carbocycles. The van der Waals surface area contributed by atoms with E-state index in [0.717, 1.165) is 5.39 Å². The number of carbonyl (C=O) groups is 2. The van der Waals surface area contributed by atoms with Gasteiger partial charge in [0.05, 0.1) is 18.6 Å². The Hall–Kier alpha value is -3.30. The van der Waals surface area contributed by atoms with Gasteiger partial charge in [0.2, 0.25) is 5.56 Å². The predicted molar refractivity (Wildman–Crippen MR) is 125 cm³/mol. The van der Waals surface area contributed by atoms with Crippen LogP contribution < -0.4 is 15.0 Å². The number of H-pyrrole nitrogens is 1. The normalized spacial score (nSPS) is 12.8. The molecule has 0 spiro atoms. The SMILES string of the molecule is COC(=O)CCCCOc1ccccc1C(NS(=O)c1ccc2[nH]c(=O)ccc2c1)C(C)=O. The van der Waals surface area contributed by atoms with Crippen molar-refractivity contribution in [3.63, 3.8) is 0 Å². The molecule has 0 bridgehead atoms. The van der Waals surface area contributed by atoms with Gasteiger partial charge in [0.15, 0.2) is 5.78 Å². The molecule has 2 atom stereocenters. The van der Waals surface area contributed by atoms with E-state index in [4.69, 9.17) is 4.74 Å². The van der Waals surface area contributed by atoms with Gasteiger partial charge in [-0.1, -0.05) is 18.2 Å². The Labute approximate surface area is 193 Å². The number of aromatic nitrogens is 1. The van der Waals surface area contributed by atoms with Crippen LogP contribution in [0.15, 0.2) is 64.3 Å². The third-order valence-electron chi connectivity index (χ3n) is 5.03. The second-order valence-corrected chi connectivity index (χ2v) is 8.67. The van der Waals surface area contributed by atoms with Crippen molar-refractivity contribution >= 4 is 33.6 Å². The number of hydrogen-bond donors (Lipinski definition) is 2. The van der Waals surface area contributed by atoms with Crippen molar-refractivity contribution in [3.8, 4) is 5.75 Å². The molecule has 1 aromatic heterocycles. The maximum atomic E-state index is 13.0. The van der Waals surface area contributed by atoms with Crippen molar-refractivity contribution in [1.29, 1.82) is 0 Å². The number of aromatic amines is 1. The Kier molecular flexibility index (Phi) is 8.51. The smallest absolute Gasteiger partial charge is 0.305 e. The van der Waals surface area contributed by atoms with Crippen molar-refractivity contribution in [2.45, 2.75) is 37.1 Å². The Morgan fingerprint density at radius 2 is 1.88 bits per heavy atom. The van der Waals surface area contributed by atoms with E-state index >= 15 is 0 Å². The molecule has 0 fully saturated rings. The monoisotopic (exact) mass is 470 g/mol. The number of esters is 1. The minimum Gasteiger partial charge on any atom is -0.493 e. The lowest BCUT2D eigenvalue weighted by Crippen LogP contribution is -2.29. The number of benzene rings is 2. The maximum Gasteiger partial charge on any atom is 0.305 e. The molecule has 9 heteroatoms.